The monoisotopic (exact) mass is 1180 g/mol. The quantitative estimate of drug-likeness (QED) is 0.0132. The maximum Gasteiger partial charge on any atom is 0.490 e. The fraction of sp³-hybridized carbons (Fsp3) is 0.366. The predicted molar refractivity (Wildman–Crippen MR) is 264 cm³/mol. The number of aliphatic hydroxyl groups excluding tert-OH is 1. The highest BCUT2D eigenvalue weighted by molar-refractivity contribution is 7.86. The van der Waals surface area contributed by atoms with Gasteiger partial charge in [0.05, 0.1) is 31.3 Å². The summed E-state index contributed by atoms with van der Waals surface area (Å²) >= 11 is 0. The summed E-state index contributed by atoms with van der Waals surface area (Å²) in [5.41, 5.74) is 9.74. The number of nitrogens with one attached hydrogen (secondary N) is 2. The minimum atomic E-state index is -5.82. The molecule has 77 heavy (non-hydrogen) atoms. The molecule has 418 valence electrons. The molecule has 7 rings (SSSR count). The number of nitrogens with two attached hydrogens (primary N) is 3. The molecule has 2 aromatic heterocycles. The van der Waals surface area contributed by atoms with Gasteiger partial charge in [-0.05, 0) is 49.1 Å². The van der Waals surface area contributed by atoms with Crippen LogP contribution in [0, 0.1) is 0 Å². The Morgan fingerprint density at radius 3 is 2.34 bits per heavy atom. The van der Waals surface area contributed by atoms with Crippen molar-refractivity contribution in [2.75, 3.05) is 44.8 Å². The summed E-state index contributed by atoms with van der Waals surface area (Å²) in [5, 5.41) is 18.6. The van der Waals surface area contributed by atoms with Crippen molar-refractivity contribution in [3.63, 3.8) is 0 Å². The van der Waals surface area contributed by atoms with Crippen LogP contribution in [0.1, 0.15) is 61.5 Å². The molecule has 0 saturated carbocycles. The van der Waals surface area contributed by atoms with E-state index in [1.54, 1.807) is 6.07 Å². The highest BCUT2D eigenvalue weighted by Crippen LogP contribution is 2.67. The maximum atomic E-state index is 14.0. The standard InChI is InChI=1S/C41H50N9O22P3S2/c1-49(40(54)23-10-5-4-9-22(23)32-24-12-14-26(42)36(76(61,62)63)34(24)70-35-25(32)13-15-27(43)37(35)77(64,65)66)17-8-11-30(52)45-16-6-2-3-7-18-67-73(55,56)71-75(59,60)72-74(57,58)68-20-29-28(51)19-31(69-29)50-21-46-33-38(50)47-41(44)48-39(33)53/h4-5,9-10,12-15,21,28-29,31,42,51H,2-3,6-8,11,16-20,43H2,1H3,(H,45,52)(H,55,56)(H,57,58)(H,59,60)(H,61,62,63)(H,64,65,66)(H3,44,47,48,53)/t28-,29+,31+/m0/s1. The third-order valence-corrected chi connectivity index (χ3v) is 17.8. The number of carbonyl (C=O) groups excluding carboxylic acids is 2. The zero-order chi connectivity index (χ0) is 56.4. The number of ether oxygens (including phenoxy) is 1. The zero-order valence-corrected chi connectivity index (χ0v) is 44.4. The van der Waals surface area contributed by atoms with Crippen LogP contribution in [-0.2, 0) is 61.1 Å². The van der Waals surface area contributed by atoms with E-state index in [0.717, 1.165) is 12.1 Å². The van der Waals surface area contributed by atoms with Crippen molar-refractivity contribution in [1.29, 1.82) is 0 Å². The number of benzene rings is 3. The Morgan fingerprint density at radius 2 is 1.64 bits per heavy atom. The van der Waals surface area contributed by atoms with Crippen molar-refractivity contribution in [2.45, 2.75) is 73.2 Å². The first-order valence-electron chi connectivity index (χ1n) is 22.7. The summed E-state index contributed by atoms with van der Waals surface area (Å²) < 4.78 is 140. The number of imidazole rings is 1. The van der Waals surface area contributed by atoms with E-state index in [1.807, 2.05) is 0 Å². The number of unbranched alkanes of at least 4 members (excludes halogenated alkanes) is 3. The van der Waals surface area contributed by atoms with Crippen LogP contribution in [0.15, 0.2) is 73.9 Å². The van der Waals surface area contributed by atoms with E-state index in [0.29, 0.717) is 19.3 Å². The van der Waals surface area contributed by atoms with Crippen molar-refractivity contribution in [2.24, 2.45) is 0 Å². The second-order valence-corrected chi connectivity index (χ2v) is 24.5. The van der Waals surface area contributed by atoms with Gasteiger partial charge in [-0.3, -0.25) is 42.9 Å². The number of carbonyl (C=O) groups is 2. The van der Waals surface area contributed by atoms with Gasteiger partial charge < -0.3 is 55.2 Å². The zero-order valence-electron chi connectivity index (χ0n) is 40.1. The van der Waals surface area contributed by atoms with Crippen LogP contribution >= 0.6 is 23.5 Å². The number of amides is 2. The third kappa shape index (κ3) is 14.1. The Bertz CT molecular complexity index is 3730. The van der Waals surface area contributed by atoms with Crippen LogP contribution in [0.5, 0.6) is 0 Å². The number of hydrogen-bond acceptors (Lipinski definition) is 22. The lowest BCUT2D eigenvalue weighted by Crippen LogP contribution is -2.47. The highest BCUT2D eigenvalue weighted by Gasteiger charge is 2.44. The van der Waals surface area contributed by atoms with Crippen LogP contribution in [0.4, 0.5) is 11.6 Å². The van der Waals surface area contributed by atoms with Gasteiger partial charge in [-0.2, -0.15) is 22.0 Å². The number of anilines is 2. The molecule has 0 radical (unpaired) electrons. The summed E-state index contributed by atoms with van der Waals surface area (Å²) in [6.07, 6.45) is -1.05. The number of H-pyrrole nitrogens is 1. The van der Waals surface area contributed by atoms with E-state index >= 15 is 0 Å². The van der Waals surface area contributed by atoms with Crippen molar-refractivity contribution < 1.29 is 101 Å². The highest BCUT2D eigenvalue weighted by atomic mass is 32.2. The molecule has 31 nitrogen and oxygen atoms in total. The van der Waals surface area contributed by atoms with E-state index in [4.69, 9.17) is 26.0 Å². The van der Waals surface area contributed by atoms with Crippen molar-refractivity contribution >= 4 is 89.3 Å². The fourth-order valence-corrected chi connectivity index (χ4v) is 13.3. The molecule has 4 heterocycles. The normalized spacial score (nSPS) is 18.5. The van der Waals surface area contributed by atoms with E-state index in [-0.39, 0.29) is 89.4 Å². The molecule has 36 heteroatoms. The number of phosphoric acid groups is 3. The number of hydrogen-bond donors (Lipinski definition) is 10. The number of fused-ring (bicyclic) bond motifs is 3. The van der Waals surface area contributed by atoms with E-state index < -0.39 is 119 Å². The number of aromatic nitrogens is 4. The molecule has 2 aromatic carbocycles. The first-order valence-corrected chi connectivity index (χ1v) is 30.0. The molecule has 6 atom stereocenters. The summed E-state index contributed by atoms with van der Waals surface area (Å²) in [7, 11) is -25.8. The summed E-state index contributed by atoms with van der Waals surface area (Å²) in [5.74, 6) is -1.79. The third-order valence-electron chi connectivity index (χ3n) is 11.6. The van der Waals surface area contributed by atoms with E-state index in [9.17, 15) is 73.8 Å². The lowest BCUT2D eigenvalue weighted by Gasteiger charge is -2.23. The molecule has 1 saturated heterocycles. The van der Waals surface area contributed by atoms with Gasteiger partial charge >= 0.3 is 33.6 Å². The number of aliphatic hydroxyl groups is 1. The lowest BCUT2D eigenvalue weighted by atomic mass is 9.90. The second kappa shape index (κ2) is 23.2. The maximum absolute atomic E-state index is 14.0. The number of nitrogens with zero attached hydrogens (tertiary/aromatic N) is 4. The van der Waals surface area contributed by atoms with Crippen LogP contribution in [0.25, 0.3) is 44.6 Å². The Hall–Kier alpha value is -5.83. The largest absolute Gasteiger partial charge is 0.744 e. The first-order chi connectivity index (χ1) is 36.0. The molecule has 4 aromatic rings. The van der Waals surface area contributed by atoms with E-state index in [1.165, 1.54) is 53.2 Å². The molecular formula is C41H50N9O22P3S2. The van der Waals surface area contributed by atoms with Gasteiger partial charge in [0.15, 0.2) is 22.5 Å². The smallest absolute Gasteiger partial charge is 0.490 e. The van der Waals surface area contributed by atoms with Gasteiger partial charge in [0.25, 0.3) is 11.5 Å². The molecule has 1 fully saturated rings. The van der Waals surface area contributed by atoms with Crippen LogP contribution < -0.4 is 33.1 Å². The van der Waals surface area contributed by atoms with Crippen LogP contribution in [-0.4, -0.2) is 128 Å². The minimum absolute atomic E-state index is 0.0120. The number of nitrogen functional groups attached to an aromatic ring is 2. The molecule has 0 spiro atoms. The summed E-state index contributed by atoms with van der Waals surface area (Å²) in [4.78, 5) is 78.3. The van der Waals surface area contributed by atoms with Gasteiger partial charge in [-0.1, -0.05) is 31.0 Å². The molecule has 0 bridgehead atoms. The Kier molecular flexibility index (Phi) is 17.8. The minimum Gasteiger partial charge on any atom is -0.744 e. The predicted octanol–water partition coefficient (Wildman–Crippen LogP) is 0.858. The van der Waals surface area contributed by atoms with Gasteiger partial charge in [0.2, 0.25) is 22.1 Å². The fourth-order valence-electron chi connectivity index (χ4n) is 8.24. The van der Waals surface area contributed by atoms with Crippen LogP contribution in [0.3, 0.4) is 0 Å². The number of phosphoric ester groups is 2. The molecule has 2 aliphatic heterocycles. The topological polar surface area (TPSA) is 494 Å². The molecule has 3 unspecified atom stereocenters. The number of rotatable bonds is 24. The SMILES string of the molecule is CN(CCCC(=O)NCCCCCCOP(=O)(O)OP(=O)(O)OP(=O)(O)OC[C@H]1O[C@@H](n2cnc3c(=O)[nH]c(N)nc32)C[C@@H]1O)C(=O)c1ccccc1-c1c2ccc(=[NH2+])c(S(=O)(=O)O)c-2oc2c(S(=O)(=O)[O-])c(N)ccc12. The molecule has 1 aliphatic carbocycles. The van der Waals surface area contributed by atoms with Gasteiger partial charge in [0.1, 0.15) is 27.3 Å². The van der Waals surface area contributed by atoms with Crippen LogP contribution in [0.2, 0.25) is 0 Å². The molecular weight excluding hydrogens is 1130 g/mol. The summed E-state index contributed by atoms with van der Waals surface area (Å²) in [6, 6.07) is 10.9. The van der Waals surface area contributed by atoms with E-state index in [2.05, 4.69) is 37.9 Å². The first kappa shape index (κ1) is 58.8. The lowest BCUT2D eigenvalue weighted by molar-refractivity contribution is -0.176. The van der Waals surface area contributed by atoms with Gasteiger partial charge in [-0.15, -0.1) is 0 Å². The Labute approximate surface area is 435 Å². The Balaban J connectivity index is 0.835. The molecule has 2 amide bonds. The van der Waals surface area contributed by atoms with Crippen molar-refractivity contribution in [3.05, 3.63) is 76.1 Å². The summed E-state index contributed by atoms with van der Waals surface area (Å²) in [6.45, 7) is -1.10. The average Bonchev–Trinajstić information content (AvgIpc) is 3.93. The van der Waals surface area contributed by atoms with Gasteiger partial charge in [-0.25, -0.2) is 27.1 Å². The van der Waals surface area contributed by atoms with Crippen molar-refractivity contribution in [1.82, 2.24) is 29.7 Å². The molecule has 3 aliphatic rings. The number of aromatic amines is 1. The van der Waals surface area contributed by atoms with Gasteiger partial charge in [0, 0.05) is 61.1 Å². The molecule has 13 N–H and O–H groups in total. The second-order valence-electron chi connectivity index (χ2n) is 17.2. The average molecular weight is 1180 g/mol. The van der Waals surface area contributed by atoms with Crippen molar-refractivity contribution in [3.8, 4) is 22.5 Å². The Morgan fingerprint density at radius 1 is 0.948 bits per heavy atom.